The molecule has 0 spiro atoms. The molecule has 4 rings (SSSR count). The van der Waals surface area contributed by atoms with Gasteiger partial charge in [0.05, 0.1) is 0 Å². The van der Waals surface area contributed by atoms with Crippen LogP contribution >= 0.6 is 11.6 Å². The van der Waals surface area contributed by atoms with E-state index in [0.717, 1.165) is 55.0 Å². The van der Waals surface area contributed by atoms with Crippen LogP contribution in [0.1, 0.15) is 50.7 Å². The van der Waals surface area contributed by atoms with Gasteiger partial charge in [-0.25, -0.2) is 8.78 Å². The highest BCUT2D eigenvalue weighted by Gasteiger charge is 2.21. The summed E-state index contributed by atoms with van der Waals surface area (Å²) in [7, 11) is 0. The van der Waals surface area contributed by atoms with Gasteiger partial charge in [-0.05, 0) is 71.5 Å². The van der Waals surface area contributed by atoms with E-state index >= 15 is 8.78 Å². The van der Waals surface area contributed by atoms with Crippen molar-refractivity contribution in [3.05, 3.63) is 94.5 Å². The maximum Gasteiger partial charge on any atom is 0.139 e. The number of hydrogen-bond donors (Lipinski definition) is 0. The quantitative estimate of drug-likeness (QED) is 0.244. The second kappa shape index (κ2) is 10.5. The maximum absolute atomic E-state index is 16.0. The minimum Gasteiger partial charge on any atom is -0.206 e. The van der Waals surface area contributed by atoms with Gasteiger partial charge in [-0.1, -0.05) is 86.8 Å². The monoisotopic (exact) mass is 462 g/mol. The average molecular weight is 463 g/mol. The summed E-state index contributed by atoms with van der Waals surface area (Å²) in [4.78, 5) is 0. The van der Waals surface area contributed by atoms with Crippen molar-refractivity contribution in [3.63, 3.8) is 0 Å². The lowest BCUT2D eigenvalue weighted by Crippen LogP contribution is -2.04. The fraction of sp³-hybridized carbons (Fsp3) is 0.267. The Morgan fingerprint density at radius 2 is 1.30 bits per heavy atom. The van der Waals surface area contributed by atoms with E-state index in [-0.39, 0.29) is 11.6 Å². The van der Waals surface area contributed by atoms with Crippen molar-refractivity contribution < 1.29 is 8.78 Å². The predicted molar refractivity (Wildman–Crippen MR) is 137 cm³/mol. The number of aryl methyl sites for hydroxylation is 1. The van der Waals surface area contributed by atoms with E-state index in [9.17, 15) is 0 Å². The summed E-state index contributed by atoms with van der Waals surface area (Å²) in [5, 5.41) is 2.20. The van der Waals surface area contributed by atoms with E-state index in [4.69, 9.17) is 11.6 Å². The molecule has 4 aromatic carbocycles. The van der Waals surface area contributed by atoms with Crippen LogP contribution in [0, 0.1) is 11.6 Å². The summed E-state index contributed by atoms with van der Waals surface area (Å²) < 4.78 is 31.3. The Morgan fingerprint density at radius 3 is 1.94 bits per heavy atom. The Labute approximate surface area is 200 Å². The van der Waals surface area contributed by atoms with Crippen LogP contribution in [-0.4, -0.2) is 0 Å². The van der Waals surface area contributed by atoms with Gasteiger partial charge in [0, 0.05) is 21.5 Å². The van der Waals surface area contributed by atoms with Crippen molar-refractivity contribution in [3.8, 4) is 22.3 Å². The van der Waals surface area contributed by atoms with Crippen LogP contribution in [0.25, 0.3) is 33.0 Å². The molecule has 0 unspecified atom stereocenters. The Bertz CT molecular complexity index is 1260. The zero-order valence-electron chi connectivity index (χ0n) is 19.2. The van der Waals surface area contributed by atoms with Crippen molar-refractivity contribution in [2.75, 3.05) is 0 Å². The third-order valence-electron chi connectivity index (χ3n) is 6.35. The minimum absolute atomic E-state index is 0.254. The first-order valence-corrected chi connectivity index (χ1v) is 12.2. The fourth-order valence-electron chi connectivity index (χ4n) is 4.62. The van der Waals surface area contributed by atoms with Crippen LogP contribution in [0.15, 0.2) is 66.7 Å². The predicted octanol–water partition coefficient (Wildman–Crippen LogP) is 9.79. The number of unbranched alkanes of at least 4 members (excludes halogenated alkanes) is 2. The Hall–Kier alpha value is -2.71. The summed E-state index contributed by atoms with van der Waals surface area (Å²) in [6.07, 6.45) is 5.78. The second-order valence-corrected chi connectivity index (χ2v) is 9.04. The lowest BCUT2D eigenvalue weighted by molar-refractivity contribution is 0.629. The van der Waals surface area contributed by atoms with Crippen molar-refractivity contribution in [2.24, 2.45) is 0 Å². The Balaban J connectivity index is 1.93. The highest BCUT2D eigenvalue weighted by Crippen LogP contribution is 2.39. The van der Waals surface area contributed by atoms with Crippen LogP contribution in [0.2, 0.25) is 5.02 Å². The molecular formula is C30H29ClF2. The third-order valence-corrected chi connectivity index (χ3v) is 6.60. The van der Waals surface area contributed by atoms with E-state index in [2.05, 4.69) is 13.8 Å². The maximum atomic E-state index is 16.0. The number of rotatable bonds is 8. The van der Waals surface area contributed by atoms with Crippen molar-refractivity contribution >= 4 is 22.4 Å². The van der Waals surface area contributed by atoms with Crippen LogP contribution in [0.5, 0.6) is 0 Å². The number of benzene rings is 4. The first kappa shape index (κ1) is 23.4. The van der Waals surface area contributed by atoms with Gasteiger partial charge in [0.25, 0.3) is 0 Å². The van der Waals surface area contributed by atoms with Crippen LogP contribution in [-0.2, 0) is 12.8 Å². The van der Waals surface area contributed by atoms with Gasteiger partial charge < -0.3 is 0 Å². The summed E-state index contributed by atoms with van der Waals surface area (Å²) in [5.74, 6) is -0.616. The Morgan fingerprint density at radius 1 is 0.697 bits per heavy atom. The molecule has 0 aliphatic carbocycles. The fourth-order valence-corrected chi connectivity index (χ4v) is 4.75. The molecule has 33 heavy (non-hydrogen) atoms. The van der Waals surface area contributed by atoms with E-state index in [1.807, 2.05) is 30.3 Å². The molecule has 0 saturated heterocycles. The molecule has 0 heterocycles. The largest absolute Gasteiger partial charge is 0.206 e. The number of hydrogen-bond acceptors (Lipinski definition) is 0. The SMILES string of the molecule is CCCCc1c(-c2ccc(-c3ccc(Cl)cc3)c(F)c2)c(F)c2ccccc2c1CCCC. The molecule has 170 valence electrons. The van der Waals surface area contributed by atoms with Gasteiger partial charge in [0.1, 0.15) is 11.6 Å². The molecule has 0 radical (unpaired) electrons. The zero-order chi connectivity index (χ0) is 23.4. The molecule has 0 aromatic heterocycles. The highest BCUT2D eigenvalue weighted by molar-refractivity contribution is 6.30. The standard InChI is InChI=1S/C30H29ClF2/c1-3-5-9-24-25-11-7-8-12-27(25)30(33)29(26(24)10-6-4-2)21-15-18-23(28(32)19-21)20-13-16-22(31)17-14-20/h7-8,11-19H,3-6,9-10H2,1-2H3. The van der Waals surface area contributed by atoms with Gasteiger partial charge in [-0.2, -0.15) is 0 Å². The van der Waals surface area contributed by atoms with Gasteiger partial charge in [0.15, 0.2) is 0 Å². The van der Waals surface area contributed by atoms with E-state index in [0.29, 0.717) is 27.1 Å². The number of fused-ring (bicyclic) bond motifs is 1. The van der Waals surface area contributed by atoms with E-state index in [1.165, 1.54) is 11.6 Å². The first-order valence-electron chi connectivity index (χ1n) is 11.8. The molecule has 0 atom stereocenters. The third kappa shape index (κ3) is 4.82. The van der Waals surface area contributed by atoms with Crippen LogP contribution in [0.4, 0.5) is 8.78 Å². The van der Waals surface area contributed by atoms with Crippen molar-refractivity contribution in [1.29, 1.82) is 0 Å². The second-order valence-electron chi connectivity index (χ2n) is 8.60. The molecular weight excluding hydrogens is 434 g/mol. The Kier molecular flexibility index (Phi) is 7.45. The van der Waals surface area contributed by atoms with Crippen LogP contribution < -0.4 is 0 Å². The smallest absolute Gasteiger partial charge is 0.139 e. The van der Waals surface area contributed by atoms with Gasteiger partial charge in [-0.15, -0.1) is 0 Å². The van der Waals surface area contributed by atoms with E-state index < -0.39 is 0 Å². The molecule has 0 aliphatic rings. The molecule has 4 aromatic rings. The topological polar surface area (TPSA) is 0 Å². The average Bonchev–Trinajstić information content (AvgIpc) is 2.83. The highest BCUT2D eigenvalue weighted by atomic mass is 35.5. The molecule has 0 fully saturated rings. The lowest BCUT2D eigenvalue weighted by Gasteiger charge is -2.20. The summed E-state index contributed by atoms with van der Waals surface area (Å²) in [6, 6.07) is 19.9. The first-order chi connectivity index (χ1) is 16.0. The van der Waals surface area contributed by atoms with Gasteiger partial charge in [-0.3, -0.25) is 0 Å². The summed E-state index contributed by atoms with van der Waals surface area (Å²) in [5.41, 5.74) is 4.61. The van der Waals surface area contributed by atoms with Crippen molar-refractivity contribution in [2.45, 2.75) is 52.4 Å². The molecule has 0 N–H and O–H groups in total. The van der Waals surface area contributed by atoms with Crippen molar-refractivity contribution in [1.82, 2.24) is 0 Å². The molecule has 0 aliphatic heterocycles. The lowest BCUT2D eigenvalue weighted by atomic mass is 9.85. The molecule has 3 heteroatoms. The molecule has 0 amide bonds. The van der Waals surface area contributed by atoms with Gasteiger partial charge in [0.2, 0.25) is 0 Å². The molecule has 0 nitrogen and oxygen atoms in total. The summed E-state index contributed by atoms with van der Waals surface area (Å²) in [6.45, 7) is 4.31. The molecule has 0 bridgehead atoms. The van der Waals surface area contributed by atoms with E-state index in [1.54, 1.807) is 30.3 Å². The van der Waals surface area contributed by atoms with Gasteiger partial charge >= 0.3 is 0 Å². The molecule has 0 saturated carbocycles. The number of halogens is 3. The summed E-state index contributed by atoms with van der Waals surface area (Å²) >= 11 is 5.98. The van der Waals surface area contributed by atoms with Crippen LogP contribution in [0.3, 0.4) is 0 Å². The normalized spacial score (nSPS) is 11.3. The minimum atomic E-state index is -0.362. The zero-order valence-corrected chi connectivity index (χ0v) is 20.0.